The minimum Gasteiger partial charge on any atom is -0.480 e. The molecule has 1 aromatic carbocycles. The Bertz CT molecular complexity index is 549. The van der Waals surface area contributed by atoms with Crippen LogP contribution in [0.25, 0.3) is 0 Å². The predicted molar refractivity (Wildman–Crippen MR) is 68.9 cm³/mol. The highest BCUT2D eigenvalue weighted by Crippen LogP contribution is 2.22. The number of amides is 2. The molecule has 0 aromatic heterocycles. The van der Waals surface area contributed by atoms with E-state index in [1.165, 1.54) is 25.1 Å². The third-order valence-electron chi connectivity index (χ3n) is 3.33. The molecule has 2 amide bonds. The van der Waals surface area contributed by atoms with Gasteiger partial charge in [0, 0.05) is 24.2 Å². The molecule has 0 radical (unpaired) electrons. The van der Waals surface area contributed by atoms with E-state index in [0.29, 0.717) is 0 Å². The first-order valence-electron chi connectivity index (χ1n) is 6.13. The minimum absolute atomic E-state index is 0.00904. The number of carboxylic acids is 1. The molecule has 1 aromatic rings. The van der Waals surface area contributed by atoms with Gasteiger partial charge in [-0.3, -0.25) is 0 Å². The summed E-state index contributed by atoms with van der Waals surface area (Å²) in [6.07, 6.45) is -0.874. The standard InChI is InChI=1S/C13H15FN2O4/c1-7-9(14)3-2-4-10(7)15-13(20)16-6-8(17)5-11(16)12(18)19/h2-4,8,11,17H,5-6H2,1H3,(H,15,20)(H,18,19)/t8-,11-/m1/s1. The van der Waals surface area contributed by atoms with E-state index in [0.717, 1.165) is 4.90 Å². The Balaban J connectivity index is 2.15. The fraction of sp³-hybridized carbons (Fsp3) is 0.385. The first kappa shape index (κ1) is 14.3. The molecule has 3 N–H and O–H groups in total. The minimum atomic E-state index is -1.17. The Kier molecular flexibility index (Phi) is 3.89. The monoisotopic (exact) mass is 282 g/mol. The average Bonchev–Trinajstić information content (AvgIpc) is 2.77. The number of halogens is 1. The van der Waals surface area contributed by atoms with Crippen molar-refractivity contribution in [3.63, 3.8) is 0 Å². The van der Waals surface area contributed by atoms with E-state index in [9.17, 15) is 19.1 Å². The topological polar surface area (TPSA) is 89.9 Å². The number of likely N-dealkylation sites (tertiary alicyclic amines) is 1. The molecule has 0 spiro atoms. The summed E-state index contributed by atoms with van der Waals surface area (Å²) in [5, 5.41) is 21.0. The van der Waals surface area contributed by atoms with Gasteiger partial charge in [0.15, 0.2) is 0 Å². The van der Waals surface area contributed by atoms with Gasteiger partial charge in [0.25, 0.3) is 0 Å². The van der Waals surface area contributed by atoms with E-state index in [-0.39, 0.29) is 24.2 Å². The molecular weight excluding hydrogens is 267 g/mol. The summed E-state index contributed by atoms with van der Waals surface area (Å²) in [6, 6.07) is 2.51. The maximum Gasteiger partial charge on any atom is 0.326 e. The van der Waals surface area contributed by atoms with Gasteiger partial charge >= 0.3 is 12.0 Å². The van der Waals surface area contributed by atoms with Crippen LogP contribution in [-0.2, 0) is 4.79 Å². The number of β-amino-alcohol motifs (C(OH)–C–C–N with tert-alkyl or cyclic N) is 1. The Morgan fingerprint density at radius 3 is 2.80 bits per heavy atom. The van der Waals surface area contributed by atoms with Gasteiger partial charge in [0.2, 0.25) is 0 Å². The van der Waals surface area contributed by atoms with Crippen molar-refractivity contribution in [3.8, 4) is 0 Å². The highest BCUT2D eigenvalue weighted by atomic mass is 19.1. The van der Waals surface area contributed by atoms with Crippen molar-refractivity contribution in [1.82, 2.24) is 4.90 Å². The smallest absolute Gasteiger partial charge is 0.326 e. The van der Waals surface area contributed by atoms with E-state index >= 15 is 0 Å². The van der Waals surface area contributed by atoms with Gasteiger partial charge in [-0.15, -0.1) is 0 Å². The molecule has 1 aliphatic rings. The van der Waals surface area contributed by atoms with Crippen LogP contribution in [0.15, 0.2) is 18.2 Å². The lowest BCUT2D eigenvalue weighted by Gasteiger charge is -2.22. The Labute approximate surface area is 114 Å². The molecule has 0 bridgehead atoms. The van der Waals surface area contributed by atoms with E-state index < -0.39 is 30.0 Å². The number of benzene rings is 1. The molecule has 1 heterocycles. The lowest BCUT2D eigenvalue weighted by Crippen LogP contribution is -2.43. The second-order valence-electron chi connectivity index (χ2n) is 4.74. The molecule has 6 nitrogen and oxygen atoms in total. The van der Waals surface area contributed by atoms with Gasteiger partial charge in [-0.2, -0.15) is 0 Å². The summed E-state index contributed by atoms with van der Waals surface area (Å²) >= 11 is 0. The normalized spacial score (nSPS) is 21.9. The quantitative estimate of drug-likeness (QED) is 0.760. The number of urea groups is 1. The molecule has 0 aliphatic carbocycles. The van der Waals surface area contributed by atoms with Crippen LogP contribution >= 0.6 is 0 Å². The molecular formula is C13H15FN2O4. The van der Waals surface area contributed by atoms with Crippen molar-refractivity contribution in [2.45, 2.75) is 25.5 Å². The summed E-state index contributed by atoms with van der Waals surface area (Å²) in [5.41, 5.74) is 0.549. The van der Waals surface area contributed by atoms with Crippen LogP contribution in [0.2, 0.25) is 0 Å². The van der Waals surface area contributed by atoms with Gasteiger partial charge in [0.1, 0.15) is 11.9 Å². The third kappa shape index (κ3) is 2.72. The first-order chi connectivity index (χ1) is 9.40. The molecule has 2 atom stereocenters. The number of nitrogens with one attached hydrogen (secondary N) is 1. The van der Waals surface area contributed by atoms with Crippen LogP contribution < -0.4 is 5.32 Å². The highest BCUT2D eigenvalue weighted by Gasteiger charge is 2.39. The number of hydrogen-bond acceptors (Lipinski definition) is 3. The molecule has 1 fully saturated rings. The number of nitrogens with zero attached hydrogens (tertiary/aromatic N) is 1. The van der Waals surface area contributed by atoms with Crippen molar-refractivity contribution in [2.75, 3.05) is 11.9 Å². The van der Waals surface area contributed by atoms with Crippen LogP contribution in [0, 0.1) is 12.7 Å². The van der Waals surface area contributed by atoms with Crippen LogP contribution in [0.4, 0.5) is 14.9 Å². The van der Waals surface area contributed by atoms with E-state index in [2.05, 4.69) is 5.32 Å². The third-order valence-corrected chi connectivity index (χ3v) is 3.33. The Morgan fingerprint density at radius 1 is 1.45 bits per heavy atom. The molecule has 1 aliphatic heterocycles. The first-order valence-corrected chi connectivity index (χ1v) is 6.13. The summed E-state index contributed by atoms with van der Waals surface area (Å²) in [4.78, 5) is 24.1. The summed E-state index contributed by atoms with van der Waals surface area (Å²) in [5.74, 6) is -1.63. The summed E-state index contributed by atoms with van der Waals surface area (Å²) in [6.45, 7) is 1.45. The van der Waals surface area contributed by atoms with Gasteiger partial charge in [-0.05, 0) is 19.1 Å². The lowest BCUT2D eigenvalue weighted by atomic mass is 10.2. The molecule has 0 saturated carbocycles. The number of carbonyl (C=O) groups excluding carboxylic acids is 1. The second kappa shape index (κ2) is 5.46. The molecule has 1 saturated heterocycles. The number of carbonyl (C=O) groups is 2. The number of hydrogen-bond donors (Lipinski definition) is 3. The predicted octanol–water partition coefficient (Wildman–Crippen LogP) is 1.19. The van der Waals surface area contributed by atoms with Crippen LogP contribution in [-0.4, -0.2) is 45.8 Å². The number of aliphatic hydroxyl groups is 1. The van der Waals surface area contributed by atoms with E-state index in [4.69, 9.17) is 5.11 Å². The van der Waals surface area contributed by atoms with Crippen molar-refractivity contribution in [2.24, 2.45) is 0 Å². The zero-order valence-corrected chi connectivity index (χ0v) is 10.8. The molecule has 0 unspecified atom stereocenters. The van der Waals surface area contributed by atoms with Crippen molar-refractivity contribution in [1.29, 1.82) is 0 Å². The van der Waals surface area contributed by atoms with E-state index in [1.807, 2.05) is 0 Å². The van der Waals surface area contributed by atoms with Gasteiger partial charge in [-0.1, -0.05) is 6.07 Å². The fourth-order valence-electron chi connectivity index (χ4n) is 2.20. The second-order valence-corrected chi connectivity index (χ2v) is 4.74. The average molecular weight is 282 g/mol. The largest absolute Gasteiger partial charge is 0.480 e. The van der Waals surface area contributed by atoms with Gasteiger partial charge in [-0.25, -0.2) is 14.0 Å². The van der Waals surface area contributed by atoms with Crippen molar-refractivity contribution in [3.05, 3.63) is 29.6 Å². The molecule has 2 rings (SSSR count). The fourth-order valence-corrected chi connectivity index (χ4v) is 2.20. The van der Waals surface area contributed by atoms with E-state index in [1.54, 1.807) is 0 Å². The number of rotatable bonds is 2. The Morgan fingerprint density at radius 2 is 2.15 bits per heavy atom. The van der Waals surface area contributed by atoms with Crippen LogP contribution in [0.1, 0.15) is 12.0 Å². The highest BCUT2D eigenvalue weighted by molar-refractivity contribution is 5.93. The zero-order chi connectivity index (χ0) is 14.9. The maximum atomic E-state index is 13.4. The zero-order valence-electron chi connectivity index (χ0n) is 10.8. The number of aliphatic carboxylic acids is 1. The SMILES string of the molecule is Cc1c(F)cccc1NC(=O)N1C[C@H](O)C[C@@H]1C(=O)O. The molecule has 7 heteroatoms. The van der Waals surface area contributed by atoms with Gasteiger partial charge < -0.3 is 20.4 Å². The number of aliphatic hydroxyl groups excluding tert-OH is 1. The van der Waals surface area contributed by atoms with Crippen LogP contribution in [0.5, 0.6) is 0 Å². The van der Waals surface area contributed by atoms with Crippen molar-refractivity contribution >= 4 is 17.7 Å². The van der Waals surface area contributed by atoms with Crippen molar-refractivity contribution < 1.29 is 24.2 Å². The maximum absolute atomic E-state index is 13.4. The Hall–Kier alpha value is -2.15. The number of carboxylic acid groups (broad SMARTS) is 1. The summed E-state index contributed by atoms with van der Waals surface area (Å²) in [7, 11) is 0. The van der Waals surface area contributed by atoms with Crippen LogP contribution in [0.3, 0.4) is 0 Å². The molecule has 108 valence electrons. The van der Waals surface area contributed by atoms with Gasteiger partial charge in [0.05, 0.1) is 6.10 Å². The number of anilines is 1. The molecule has 20 heavy (non-hydrogen) atoms. The lowest BCUT2D eigenvalue weighted by molar-refractivity contribution is -0.141. The summed E-state index contributed by atoms with van der Waals surface area (Å²) < 4.78 is 13.4.